The topological polar surface area (TPSA) is 100 Å². The molecule has 1 aromatic carbocycles. The highest BCUT2D eigenvalue weighted by Crippen LogP contribution is 2.22. The van der Waals surface area contributed by atoms with Gasteiger partial charge in [-0.25, -0.2) is 9.18 Å². The maximum absolute atomic E-state index is 13.7. The lowest BCUT2D eigenvalue weighted by atomic mass is 10.0. The zero-order valence-corrected chi connectivity index (χ0v) is 14.0. The summed E-state index contributed by atoms with van der Waals surface area (Å²) in [6.45, 7) is 0.321. The van der Waals surface area contributed by atoms with Crippen molar-refractivity contribution in [3.8, 4) is 5.75 Å². The molecule has 1 unspecified atom stereocenters. The number of carboxylic acid groups (broad SMARTS) is 1. The minimum absolute atomic E-state index is 0.111. The number of urea groups is 1. The van der Waals surface area contributed by atoms with Gasteiger partial charge in [-0.15, -0.1) is 0 Å². The number of hydrogen-bond donors (Lipinski definition) is 2. The number of benzene rings is 1. The summed E-state index contributed by atoms with van der Waals surface area (Å²) in [6, 6.07) is 4.13. The number of aliphatic carboxylic acids is 1. The summed E-state index contributed by atoms with van der Waals surface area (Å²) in [7, 11) is 2.90. The molecular weight excluding hydrogens is 333 g/mol. The van der Waals surface area contributed by atoms with Gasteiger partial charge in [0.05, 0.1) is 25.8 Å². The summed E-state index contributed by atoms with van der Waals surface area (Å²) in [5.74, 6) is -1.31. The van der Waals surface area contributed by atoms with Crippen LogP contribution in [0.15, 0.2) is 23.4 Å². The maximum atomic E-state index is 13.7. The molecule has 9 heteroatoms. The first-order chi connectivity index (χ1) is 11.9. The van der Waals surface area contributed by atoms with Crippen LogP contribution in [0.2, 0.25) is 0 Å². The van der Waals surface area contributed by atoms with Crippen LogP contribution in [-0.4, -0.2) is 61.1 Å². The smallest absolute Gasteiger partial charge is 0.317 e. The summed E-state index contributed by atoms with van der Waals surface area (Å²) in [5.41, 5.74) is 1.17. The maximum Gasteiger partial charge on any atom is 0.317 e. The van der Waals surface area contributed by atoms with Crippen molar-refractivity contribution in [2.24, 2.45) is 5.16 Å². The molecule has 0 bridgehead atoms. The van der Waals surface area contributed by atoms with E-state index in [9.17, 15) is 14.0 Å². The Balaban J connectivity index is 1.81. The van der Waals surface area contributed by atoms with Crippen molar-refractivity contribution in [3.63, 3.8) is 0 Å². The van der Waals surface area contributed by atoms with Gasteiger partial charge in [0.1, 0.15) is 0 Å². The summed E-state index contributed by atoms with van der Waals surface area (Å²) >= 11 is 0. The predicted molar refractivity (Wildman–Crippen MR) is 87.3 cm³/mol. The molecule has 2 rings (SSSR count). The molecule has 25 heavy (non-hydrogen) atoms. The van der Waals surface area contributed by atoms with Gasteiger partial charge in [-0.2, -0.15) is 0 Å². The van der Waals surface area contributed by atoms with Crippen molar-refractivity contribution in [2.45, 2.75) is 18.9 Å². The fourth-order valence-electron chi connectivity index (χ4n) is 2.26. The SMILES string of the molecule is COc1ccc(C2=NOC(CNC(=O)N(C)CCC(=O)O)C2)cc1F. The van der Waals surface area contributed by atoms with E-state index in [2.05, 4.69) is 10.5 Å². The molecular formula is C16H20FN3O5. The number of methoxy groups -OCH3 is 1. The van der Waals surface area contributed by atoms with E-state index in [0.717, 1.165) is 0 Å². The van der Waals surface area contributed by atoms with Crippen LogP contribution in [0.25, 0.3) is 0 Å². The summed E-state index contributed by atoms with van der Waals surface area (Å²) < 4.78 is 18.6. The zero-order valence-electron chi connectivity index (χ0n) is 14.0. The number of hydrogen-bond acceptors (Lipinski definition) is 5. The molecule has 0 aliphatic carbocycles. The number of amides is 2. The van der Waals surface area contributed by atoms with Crippen LogP contribution in [0, 0.1) is 5.82 Å². The van der Waals surface area contributed by atoms with Crippen LogP contribution in [0.1, 0.15) is 18.4 Å². The van der Waals surface area contributed by atoms with Crippen molar-refractivity contribution < 1.29 is 28.7 Å². The Morgan fingerprint density at radius 3 is 2.92 bits per heavy atom. The minimum atomic E-state index is -0.969. The van der Waals surface area contributed by atoms with Crippen LogP contribution in [-0.2, 0) is 9.63 Å². The zero-order chi connectivity index (χ0) is 18.4. The third-order valence-corrected chi connectivity index (χ3v) is 3.71. The van der Waals surface area contributed by atoms with Gasteiger partial charge in [-0.05, 0) is 18.2 Å². The van der Waals surface area contributed by atoms with Gasteiger partial charge in [0.15, 0.2) is 17.7 Å². The molecule has 0 saturated carbocycles. The van der Waals surface area contributed by atoms with Crippen LogP contribution in [0.3, 0.4) is 0 Å². The standard InChI is InChI=1S/C16H20FN3O5/c1-20(6-5-15(21)22)16(23)18-9-11-8-13(19-25-11)10-3-4-14(24-2)12(17)7-10/h3-4,7,11H,5-6,8-9H2,1-2H3,(H,18,23)(H,21,22). The number of halogens is 1. The molecule has 2 N–H and O–H groups in total. The highest BCUT2D eigenvalue weighted by Gasteiger charge is 2.24. The van der Waals surface area contributed by atoms with E-state index in [1.807, 2.05) is 0 Å². The Morgan fingerprint density at radius 1 is 1.52 bits per heavy atom. The van der Waals surface area contributed by atoms with Gasteiger partial charge in [-0.1, -0.05) is 5.16 Å². The Bertz CT molecular complexity index is 680. The average Bonchev–Trinajstić information content (AvgIpc) is 3.06. The van der Waals surface area contributed by atoms with E-state index < -0.39 is 17.8 Å². The summed E-state index contributed by atoms with van der Waals surface area (Å²) in [4.78, 5) is 28.9. The van der Waals surface area contributed by atoms with Crippen LogP contribution in [0.5, 0.6) is 5.75 Å². The van der Waals surface area contributed by atoms with Gasteiger partial charge in [0.2, 0.25) is 0 Å². The second-order valence-electron chi connectivity index (χ2n) is 5.57. The first-order valence-electron chi connectivity index (χ1n) is 7.68. The number of rotatable bonds is 7. The third kappa shape index (κ3) is 5.07. The third-order valence-electron chi connectivity index (χ3n) is 3.71. The summed E-state index contributed by atoms with van der Waals surface area (Å²) in [5, 5.41) is 15.2. The van der Waals surface area contributed by atoms with Gasteiger partial charge >= 0.3 is 12.0 Å². The van der Waals surface area contributed by atoms with Crippen LogP contribution < -0.4 is 10.1 Å². The van der Waals surface area contributed by atoms with E-state index in [0.29, 0.717) is 17.7 Å². The molecule has 0 saturated heterocycles. The Kier molecular flexibility index (Phi) is 6.15. The first kappa shape index (κ1) is 18.5. The van der Waals surface area contributed by atoms with E-state index in [-0.39, 0.29) is 31.4 Å². The monoisotopic (exact) mass is 353 g/mol. The normalized spacial score (nSPS) is 16.0. The average molecular weight is 353 g/mol. The van der Waals surface area contributed by atoms with E-state index in [4.69, 9.17) is 14.7 Å². The van der Waals surface area contributed by atoms with Crippen LogP contribution >= 0.6 is 0 Å². The fraction of sp³-hybridized carbons (Fsp3) is 0.438. The lowest BCUT2D eigenvalue weighted by Gasteiger charge is -2.18. The molecule has 0 fully saturated rings. The second kappa shape index (κ2) is 8.32. The van der Waals surface area contributed by atoms with Crippen LogP contribution in [0.4, 0.5) is 9.18 Å². The van der Waals surface area contributed by atoms with Gasteiger partial charge in [0, 0.05) is 25.6 Å². The van der Waals surface area contributed by atoms with Crippen molar-refractivity contribution >= 4 is 17.7 Å². The van der Waals surface area contributed by atoms with Crippen molar-refractivity contribution in [3.05, 3.63) is 29.6 Å². The van der Waals surface area contributed by atoms with Crippen molar-refractivity contribution in [1.29, 1.82) is 0 Å². The molecule has 1 aliphatic rings. The Morgan fingerprint density at radius 2 is 2.28 bits per heavy atom. The minimum Gasteiger partial charge on any atom is -0.494 e. The molecule has 8 nitrogen and oxygen atoms in total. The fourth-order valence-corrected chi connectivity index (χ4v) is 2.26. The quantitative estimate of drug-likeness (QED) is 0.773. The molecule has 0 spiro atoms. The number of nitrogens with zero attached hydrogens (tertiary/aromatic N) is 2. The molecule has 1 aliphatic heterocycles. The number of ether oxygens (including phenoxy) is 1. The largest absolute Gasteiger partial charge is 0.494 e. The van der Waals surface area contributed by atoms with Gasteiger partial charge in [0.25, 0.3) is 0 Å². The molecule has 2 amide bonds. The molecule has 0 radical (unpaired) electrons. The van der Waals surface area contributed by atoms with E-state index in [1.165, 1.54) is 31.2 Å². The highest BCUT2D eigenvalue weighted by atomic mass is 19.1. The van der Waals surface area contributed by atoms with Crippen molar-refractivity contribution in [2.75, 3.05) is 27.2 Å². The number of nitrogens with one attached hydrogen (secondary N) is 1. The first-order valence-corrected chi connectivity index (χ1v) is 7.68. The van der Waals surface area contributed by atoms with Gasteiger partial charge < -0.3 is 24.9 Å². The Labute approximate surface area is 144 Å². The number of carbonyl (C=O) groups is 2. The number of carbonyl (C=O) groups excluding carboxylic acids is 1. The molecule has 1 heterocycles. The second-order valence-corrected chi connectivity index (χ2v) is 5.57. The highest BCUT2D eigenvalue weighted by molar-refractivity contribution is 6.01. The molecule has 1 aromatic rings. The van der Waals surface area contributed by atoms with Gasteiger partial charge in [-0.3, -0.25) is 4.79 Å². The van der Waals surface area contributed by atoms with Crippen molar-refractivity contribution in [1.82, 2.24) is 10.2 Å². The molecule has 136 valence electrons. The number of carboxylic acids is 1. The summed E-state index contributed by atoms with van der Waals surface area (Å²) in [6.07, 6.45) is -0.0672. The Hall–Kier alpha value is -2.84. The van der Waals surface area contributed by atoms with E-state index in [1.54, 1.807) is 6.07 Å². The lowest BCUT2D eigenvalue weighted by Crippen LogP contribution is -2.41. The lowest BCUT2D eigenvalue weighted by molar-refractivity contribution is -0.137. The number of oxime groups is 1. The molecule has 0 aromatic heterocycles. The molecule has 1 atom stereocenters. The predicted octanol–water partition coefficient (Wildman–Crippen LogP) is 1.44. The van der Waals surface area contributed by atoms with E-state index >= 15 is 0 Å².